The highest BCUT2D eigenvalue weighted by atomic mass is 16.3. The average molecular weight is 273 g/mol. The van der Waals surface area contributed by atoms with Gasteiger partial charge in [0.2, 0.25) is 0 Å². The Bertz CT molecular complexity index is 439. The summed E-state index contributed by atoms with van der Waals surface area (Å²) < 4.78 is 0. The lowest BCUT2D eigenvalue weighted by Gasteiger charge is -2.49. The molecule has 0 aromatic heterocycles. The van der Waals surface area contributed by atoms with Crippen molar-refractivity contribution in [3.8, 4) is 0 Å². The van der Waals surface area contributed by atoms with Crippen LogP contribution in [0.25, 0.3) is 0 Å². The number of anilines is 1. The van der Waals surface area contributed by atoms with E-state index in [-0.39, 0.29) is 6.04 Å². The van der Waals surface area contributed by atoms with Crippen LogP contribution in [0.4, 0.5) is 5.69 Å². The topological polar surface area (TPSA) is 32.3 Å². The van der Waals surface area contributed by atoms with Crippen LogP contribution >= 0.6 is 0 Å². The average Bonchev–Trinajstić information content (AvgIpc) is 2.49. The standard InChI is InChI=1S/C18H27NO/c1-2-14-9-11-16(12-10-14)19-17-8-5-7-15-6-3-4-13-18(15,17)20/h9-12,15,17,19-20H,2-8,13H2,1H3/t15-,17+,18+/m1/s1. The van der Waals surface area contributed by atoms with Crippen LogP contribution in [0.5, 0.6) is 0 Å². The number of hydrogen-bond acceptors (Lipinski definition) is 2. The molecule has 3 atom stereocenters. The lowest BCUT2D eigenvalue weighted by molar-refractivity contribution is -0.0835. The quantitative estimate of drug-likeness (QED) is 0.867. The molecule has 2 heteroatoms. The summed E-state index contributed by atoms with van der Waals surface area (Å²) in [5, 5.41) is 14.8. The van der Waals surface area contributed by atoms with Crippen LogP contribution in [0, 0.1) is 5.92 Å². The van der Waals surface area contributed by atoms with Gasteiger partial charge < -0.3 is 10.4 Å². The summed E-state index contributed by atoms with van der Waals surface area (Å²) >= 11 is 0. The SMILES string of the molecule is CCc1ccc(N[C@H]2CCC[C@H]3CCCC[C@]32O)cc1. The van der Waals surface area contributed by atoms with E-state index in [9.17, 15) is 5.11 Å². The molecule has 0 heterocycles. The summed E-state index contributed by atoms with van der Waals surface area (Å²) in [6.07, 6.45) is 9.30. The number of benzene rings is 1. The minimum Gasteiger partial charge on any atom is -0.387 e. The summed E-state index contributed by atoms with van der Waals surface area (Å²) in [4.78, 5) is 0. The van der Waals surface area contributed by atoms with Gasteiger partial charge in [-0.15, -0.1) is 0 Å². The lowest BCUT2D eigenvalue weighted by Crippen LogP contribution is -2.56. The van der Waals surface area contributed by atoms with Gasteiger partial charge in [0.05, 0.1) is 11.6 Å². The predicted octanol–water partition coefficient (Wildman–Crippen LogP) is 4.13. The third kappa shape index (κ3) is 2.58. The minimum absolute atomic E-state index is 0.231. The Hall–Kier alpha value is -1.02. The molecule has 1 aromatic carbocycles. The molecule has 0 unspecified atom stereocenters. The first kappa shape index (κ1) is 13.9. The third-order valence-corrected chi connectivity index (χ3v) is 5.44. The van der Waals surface area contributed by atoms with Gasteiger partial charge in [-0.3, -0.25) is 0 Å². The number of hydrogen-bond donors (Lipinski definition) is 2. The Balaban J connectivity index is 1.74. The van der Waals surface area contributed by atoms with Gasteiger partial charge in [-0.1, -0.05) is 38.3 Å². The van der Waals surface area contributed by atoms with E-state index in [0.29, 0.717) is 5.92 Å². The van der Waals surface area contributed by atoms with Crippen LogP contribution in [0.3, 0.4) is 0 Å². The van der Waals surface area contributed by atoms with E-state index in [1.165, 1.54) is 37.7 Å². The molecule has 0 saturated heterocycles. The minimum atomic E-state index is -0.472. The molecule has 2 aliphatic carbocycles. The summed E-state index contributed by atoms with van der Waals surface area (Å²) in [5.74, 6) is 0.511. The highest BCUT2D eigenvalue weighted by Crippen LogP contribution is 2.44. The van der Waals surface area contributed by atoms with Crippen molar-refractivity contribution in [2.24, 2.45) is 5.92 Å². The fourth-order valence-electron chi connectivity index (χ4n) is 4.16. The molecule has 0 radical (unpaired) electrons. The van der Waals surface area contributed by atoms with Crippen LogP contribution in [-0.4, -0.2) is 16.7 Å². The van der Waals surface area contributed by atoms with E-state index in [4.69, 9.17) is 0 Å². The Kier molecular flexibility index (Phi) is 4.02. The van der Waals surface area contributed by atoms with E-state index < -0.39 is 5.60 Å². The second kappa shape index (κ2) is 5.77. The maximum absolute atomic E-state index is 11.2. The third-order valence-electron chi connectivity index (χ3n) is 5.44. The van der Waals surface area contributed by atoms with Crippen molar-refractivity contribution < 1.29 is 5.11 Å². The molecule has 0 amide bonds. The highest BCUT2D eigenvalue weighted by Gasteiger charge is 2.47. The zero-order valence-electron chi connectivity index (χ0n) is 12.6. The molecule has 20 heavy (non-hydrogen) atoms. The van der Waals surface area contributed by atoms with E-state index in [0.717, 1.165) is 24.9 Å². The molecule has 0 bridgehead atoms. The zero-order chi connectivity index (χ0) is 14.0. The smallest absolute Gasteiger partial charge is 0.0875 e. The first-order valence-corrected chi connectivity index (χ1v) is 8.30. The Morgan fingerprint density at radius 3 is 2.60 bits per heavy atom. The Morgan fingerprint density at radius 2 is 1.85 bits per heavy atom. The van der Waals surface area contributed by atoms with Gasteiger partial charge >= 0.3 is 0 Å². The highest BCUT2D eigenvalue weighted by molar-refractivity contribution is 5.46. The van der Waals surface area contributed by atoms with E-state index in [1.807, 2.05) is 0 Å². The molecule has 2 saturated carbocycles. The van der Waals surface area contributed by atoms with Crippen LogP contribution in [0.2, 0.25) is 0 Å². The fraction of sp³-hybridized carbons (Fsp3) is 0.667. The normalized spacial score (nSPS) is 33.5. The van der Waals surface area contributed by atoms with Gasteiger partial charge in [-0.25, -0.2) is 0 Å². The van der Waals surface area contributed by atoms with Crippen molar-refractivity contribution >= 4 is 5.69 Å². The molecule has 2 nitrogen and oxygen atoms in total. The molecule has 2 fully saturated rings. The van der Waals surface area contributed by atoms with Crippen molar-refractivity contribution in [1.82, 2.24) is 0 Å². The number of nitrogens with one attached hydrogen (secondary N) is 1. The Morgan fingerprint density at radius 1 is 1.10 bits per heavy atom. The van der Waals surface area contributed by atoms with Crippen molar-refractivity contribution in [3.63, 3.8) is 0 Å². The van der Waals surface area contributed by atoms with Crippen LogP contribution in [-0.2, 0) is 6.42 Å². The molecule has 110 valence electrons. The van der Waals surface area contributed by atoms with E-state index >= 15 is 0 Å². The summed E-state index contributed by atoms with van der Waals surface area (Å²) in [6.45, 7) is 2.18. The van der Waals surface area contributed by atoms with Gasteiger partial charge in [-0.05, 0) is 55.7 Å². The van der Waals surface area contributed by atoms with Crippen LogP contribution in [0.15, 0.2) is 24.3 Å². The maximum Gasteiger partial charge on any atom is 0.0875 e. The number of aliphatic hydroxyl groups is 1. The summed E-state index contributed by atoms with van der Waals surface area (Å²) in [5.41, 5.74) is 2.06. The van der Waals surface area contributed by atoms with Gasteiger partial charge in [0.1, 0.15) is 0 Å². The lowest BCUT2D eigenvalue weighted by atomic mass is 9.65. The fourth-order valence-corrected chi connectivity index (χ4v) is 4.16. The number of aryl methyl sites for hydroxylation is 1. The molecule has 2 aliphatic rings. The number of rotatable bonds is 3. The van der Waals surface area contributed by atoms with Crippen molar-refractivity contribution in [3.05, 3.63) is 29.8 Å². The van der Waals surface area contributed by atoms with E-state index in [2.05, 4.69) is 36.5 Å². The van der Waals surface area contributed by atoms with Gasteiger partial charge in [0.25, 0.3) is 0 Å². The van der Waals surface area contributed by atoms with E-state index in [1.54, 1.807) is 0 Å². The zero-order valence-corrected chi connectivity index (χ0v) is 12.6. The Labute approximate surface area is 122 Å². The van der Waals surface area contributed by atoms with Crippen LogP contribution < -0.4 is 5.32 Å². The van der Waals surface area contributed by atoms with Gasteiger partial charge in [0, 0.05) is 5.69 Å². The maximum atomic E-state index is 11.2. The molecule has 0 spiro atoms. The number of fused-ring (bicyclic) bond motifs is 1. The summed E-state index contributed by atoms with van der Waals surface area (Å²) in [6, 6.07) is 8.93. The first-order valence-electron chi connectivity index (χ1n) is 8.30. The molecule has 3 rings (SSSR count). The second-order valence-electron chi connectivity index (χ2n) is 6.61. The first-order chi connectivity index (χ1) is 9.72. The van der Waals surface area contributed by atoms with Crippen molar-refractivity contribution in [2.75, 3.05) is 5.32 Å². The van der Waals surface area contributed by atoms with Crippen LogP contribution in [0.1, 0.15) is 57.4 Å². The molecule has 1 aromatic rings. The summed E-state index contributed by atoms with van der Waals surface area (Å²) in [7, 11) is 0. The van der Waals surface area contributed by atoms with Crippen molar-refractivity contribution in [2.45, 2.75) is 69.9 Å². The largest absolute Gasteiger partial charge is 0.387 e. The monoisotopic (exact) mass is 273 g/mol. The van der Waals surface area contributed by atoms with Gasteiger partial charge in [0.15, 0.2) is 0 Å². The predicted molar refractivity (Wildman–Crippen MR) is 84.0 cm³/mol. The molecular weight excluding hydrogens is 246 g/mol. The molecule has 0 aliphatic heterocycles. The molecular formula is C18H27NO. The molecule has 2 N–H and O–H groups in total. The van der Waals surface area contributed by atoms with Crippen molar-refractivity contribution in [1.29, 1.82) is 0 Å². The van der Waals surface area contributed by atoms with Gasteiger partial charge in [-0.2, -0.15) is 0 Å². The second-order valence-corrected chi connectivity index (χ2v) is 6.61.